The summed E-state index contributed by atoms with van der Waals surface area (Å²) in [4.78, 5) is 7.52. The number of rotatable bonds is 3. The lowest BCUT2D eigenvalue weighted by Gasteiger charge is -2.33. The van der Waals surface area contributed by atoms with Crippen LogP contribution in [-0.4, -0.2) is 9.55 Å². The summed E-state index contributed by atoms with van der Waals surface area (Å²) in [6, 6.07) is 50.2. The smallest absolute Gasteiger partial charge is 0.0766 e. The van der Waals surface area contributed by atoms with Crippen LogP contribution in [0.3, 0.4) is 0 Å². The molecule has 3 aliphatic rings. The Balaban J connectivity index is 1.17. The zero-order chi connectivity index (χ0) is 36.0. The zero-order valence-corrected chi connectivity index (χ0v) is 31.1. The monoisotopic (exact) mass is 683 g/mol. The van der Waals surface area contributed by atoms with Gasteiger partial charge in [0.2, 0.25) is 0 Å². The minimum absolute atomic E-state index is 0.106. The third-order valence-corrected chi connectivity index (χ3v) is 13.0. The minimum Gasteiger partial charge on any atom is -0.310 e. The molecule has 0 saturated heterocycles. The van der Waals surface area contributed by atoms with E-state index in [1.165, 1.54) is 88.9 Å². The predicted octanol–water partition coefficient (Wildman–Crippen LogP) is 12.9. The van der Waals surface area contributed by atoms with Gasteiger partial charge in [-0.1, -0.05) is 107 Å². The molecule has 0 atom stereocenters. The van der Waals surface area contributed by atoms with Gasteiger partial charge in [0, 0.05) is 50.3 Å². The summed E-state index contributed by atoms with van der Waals surface area (Å²) in [6.07, 6.45) is 2.00. The molecular weight excluding hydrogens is 643 g/mol. The van der Waals surface area contributed by atoms with Crippen molar-refractivity contribution >= 4 is 38.9 Å². The van der Waals surface area contributed by atoms with Crippen molar-refractivity contribution in [2.75, 3.05) is 4.90 Å². The summed E-state index contributed by atoms with van der Waals surface area (Å²) in [6.45, 7) is 14.1. The maximum Gasteiger partial charge on any atom is 0.0766 e. The van der Waals surface area contributed by atoms with E-state index in [9.17, 15) is 0 Å². The second kappa shape index (κ2) is 10.1. The molecule has 2 aromatic heterocycles. The number of nitrogens with zero attached hydrogens (tertiary/aromatic N) is 3. The molecule has 0 unspecified atom stereocenters. The van der Waals surface area contributed by atoms with Crippen LogP contribution in [0, 0.1) is 0 Å². The van der Waals surface area contributed by atoms with Crippen LogP contribution in [0.15, 0.2) is 140 Å². The largest absolute Gasteiger partial charge is 0.310 e. The van der Waals surface area contributed by atoms with Gasteiger partial charge in [-0.2, -0.15) is 0 Å². The van der Waals surface area contributed by atoms with Crippen molar-refractivity contribution in [2.45, 2.75) is 57.8 Å². The molecule has 0 spiro atoms. The van der Waals surface area contributed by atoms with Crippen molar-refractivity contribution < 1.29 is 0 Å². The van der Waals surface area contributed by atoms with Crippen molar-refractivity contribution in [1.82, 2.24) is 9.55 Å². The van der Waals surface area contributed by atoms with E-state index >= 15 is 0 Å². The molecule has 0 amide bonds. The van der Waals surface area contributed by atoms with Crippen LogP contribution >= 0.6 is 0 Å². The number of benzene rings is 6. The molecule has 3 heterocycles. The standard InChI is InChI=1S/C50H41N3/c1-48(2)39-15-9-7-13-33(39)35-22-19-31(28-42(35)48)52(32-20-23-36-34-14-8-10-16-40(34)49(3,4)43(36)29-32)30-21-24-44-38(27-30)37-25-26-51-47-46(37)53(44)45-18-12-11-17-41(45)50(47,5)6/h7-29H,1-6H3. The fourth-order valence-electron chi connectivity index (χ4n) is 10.2. The summed E-state index contributed by atoms with van der Waals surface area (Å²) in [5, 5.41) is 2.48. The van der Waals surface area contributed by atoms with E-state index in [0.717, 1.165) is 11.4 Å². The Morgan fingerprint density at radius 2 is 0.962 bits per heavy atom. The van der Waals surface area contributed by atoms with Crippen LogP contribution in [-0.2, 0) is 16.2 Å². The van der Waals surface area contributed by atoms with Gasteiger partial charge in [0.1, 0.15) is 0 Å². The van der Waals surface area contributed by atoms with Gasteiger partial charge in [0.05, 0.1) is 22.4 Å². The first-order chi connectivity index (χ1) is 25.6. The third kappa shape index (κ3) is 3.87. The van der Waals surface area contributed by atoms with Crippen LogP contribution in [0.1, 0.15) is 75.1 Å². The maximum absolute atomic E-state index is 5.03. The summed E-state index contributed by atoms with van der Waals surface area (Å²) in [5.41, 5.74) is 20.0. The average molecular weight is 684 g/mol. The predicted molar refractivity (Wildman–Crippen MR) is 221 cm³/mol. The third-order valence-electron chi connectivity index (χ3n) is 13.0. The van der Waals surface area contributed by atoms with Gasteiger partial charge < -0.3 is 9.47 Å². The quantitative estimate of drug-likeness (QED) is 0.185. The molecule has 0 bridgehead atoms. The van der Waals surface area contributed by atoms with Gasteiger partial charge in [0.15, 0.2) is 0 Å². The molecule has 2 aliphatic carbocycles. The van der Waals surface area contributed by atoms with E-state index in [1.807, 2.05) is 6.20 Å². The van der Waals surface area contributed by atoms with Gasteiger partial charge in [-0.05, 0) is 119 Å². The van der Waals surface area contributed by atoms with Crippen LogP contribution in [0.4, 0.5) is 17.1 Å². The fraction of sp³-hybridized carbons (Fsp3) is 0.180. The first kappa shape index (κ1) is 30.7. The molecule has 8 aromatic rings. The number of para-hydroxylation sites is 1. The Morgan fingerprint density at radius 3 is 1.58 bits per heavy atom. The molecule has 0 fully saturated rings. The van der Waals surface area contributed by atoms with Crippen molar-refractivity contribution in [1.29, 1.82) is 0 Å². The number of anilines is 3. The van der Waals surface area contributed by atoms with E-state index in [4.69, 9.17) is 4.98 Å². The van der Waals surface area contributed by atoms with Crippen LogP contribution in [0.5, 0.6) is 0 Å². The van der Waals surface area contributed by atoms with Crippen molar-refractivity contribution in [3.63, 3.8) is 0 Å². The molecule has 53 heavy (non-hydrogen) atoms. The molecule has 0 N–H and O–H groups in total. The van der Waals surface area contributed by atoms with E-state index in [0.29, 0.717) is 0 Å². The van der Waals surface area contributed by atoms with Crippen molar-refractivity contribution in [3.05, 3.63) is 173 Å². The van der Waals surface area contributed by atoms with Gasteiger partial charge in [-0.25, -0.2) is 0 Å². The highest BCUT2D eigenvalue weighted by atomic mass is 15.1. The van der Waals surface area contributed by atoms with Crippen molar-refractivity contribution in [2.24, 2.45) is 0 Å². The van der Waals surface area contributed by atoms with Crippen LogP contribution < -0.4 is 4.90 Å². The lowest BCUT2D eigenvalue weighted by Crippen LogP contribution is -2.27. The molecule has 256 valence electrons. The van der Waals surface area contributed by atoms with Crippen molar-refractivity contribution in [3.8, 4) is 27.9 Å². The lowest BCUT2D eigenvalue weighted by molar-refractivity contribution is 0.607. The molecule has 3 nitrogen and oxygen atoms in total. The normalized spacial score (nSPS) is 16.2. The summed E-state index contributed by atoms with van der Waals surface area (Å²) < 4.78 is 2.45. The first-order valence-electron chi connectivity index (χ1n) is 18.9. The number of fused-ring (bicyclic) bond motifs is 11. The number of hydrogen-bond donors (Lipinski definition) is 0. The van der Waals surface area contributed by atoms with Gasteiger partial charge >= 0.3 is 0 Å². The molecule has 1 aliphatic heterocycles. The Morgan fingerprint density at radius 1 is 0.453 bits per heavy atom. The molecule has 3 heteroatoms. The number of aromatic nitrogens is 2. The van der Waals surface area contributed by atoms with Crippen LogP contribution in [0.2, 0.25) is 0 Å². The second-order valence-electron chi connectivity index (χ2n) is 16.9. The van der Waals surface area contributed by atoms with Gasteiger partial charge in [-0.15, -0.1) is 0 Å². The molecular formula is C50H41N3. The Kier molecular flexibility index (Phi) is 5.87. The first-order valence-corrected chi connectivity index (χ1v) is 18.9. The summed E-state index contributed by atoms with van der Waals surface area (Å²) in [5.74, 6) is 0. The zero-order valence-electron chi connectivity index (χ0n) is 31.1. The van der Waals surface area contributed by atoms with E-state index in [1.54, 1.807) is 0 Å². The highest BCUT2D eigenvalue weighted by Gasteiger charge is 2.39. The Labute approximate surface area is 311 Å². The Hall–Kier alpha value is -5.93. The maximum atomic E-state index is 5.03. The highest BCUT2D eigenvalue weighted by Crippen LogP contribution is 2.54. The Bertz CT molecular complexity index is 2780. The fourth-order valence-corrected chi connectivity index (χ4v) is 10.2. The summed E-state index contributed by atoms with van der Waals surface area (Å²) >= 11 is 0. The molecule has 6 aromatic carbocycles. The van der Waals surface area contributed by atoms with Crippen LogP contribution in [0.25, 0.3) is 49.7 Å². The molecule has 0 radical (unpaired) electrons. The lowest BCUT2D eigenvalue weighted by atomic mass is 9.77. The number of hydrogen-bond acceptors (Lipinski definition) is 2. The van der Waals surface area contributed by atoms with E-state index in [-0.39, 0.29) is 16.2 Å². The average Bonchev–Trinajstić information content (AvgIpc) is 3.71. The summed E-state index contributed by atoms with van der Waals surface area (Å²) in [7, 11) is 0. The van der Waals surface area contributed by atoms with Gasteiger partial charge in [0.25, 0.3) is 0 Å². The second-order valence-corrected chi connectivity index (χ2v) is 16.9. The minimum atomic E-state index is -0.209. The highest BCUT2D eigenvalue weighted by molar-refractivity contribution is 6.12. The number of pyridine rings is 1. The van der Waals surface area contributed by atoms with E-state index < -0.39 is 0 Å². The topological polar surface area (TPSA) is 21.1 Å². The van der Waals surface area contributed by atoms with Gasteiger partial charge in [-0.3, -0.25) is 4.98 Å². The SMILES string of the molecule is CC1(C)c2ccccc2-c2ccc(N(c3ccc4c(c3)C(C)(C)c3ccccc3-4)c3ccc4c(c3)c3ccnc5c3n4-c3ccccc3C5(C)C)cc21. The molecule has 11 rings (SSSR count). The molecule has 0 saturated carbocycles. The van der Waals surface area contributed by atoms with E-state index in [2.05, 4.69) is 184 Å².